The second-order valence-electron chi connectivity index (χ2n) is 4.91. The van der Waals surface area contributed by atoms with E-state index in [1.54, 1.807) is 28.8 Å². The summed E-state index contributed by atoms with van der Waals surface area (Å²) in [5.41, 5.74) is 0.549. The molecule has 2 heterocycles. The first-order chi connectivity index (χ1) is 9.63. The third kappa shape index (κ3) is 3.91. The Morgan fingerprint density at radius 3 is 2.80 bits per heavy atom. The number of hydrogen-bond acceptors (Lipinski definition) is 4. The first kappa shape index (κ1) is 15.2. The highest BCUT2D eigenvalue weighted by Crippen LogP contribution is 2.21. The molecule has 7 heteroatoms. The van der Waals surface area contributed by atoms with Crippen LogP contribution in [0.1, 0.15) is 26.2 Å². The van der Waals surface area contributed by atoms with Crippen molar-refractivity contribution in [3.8, 4) is 0 Å². The van der Waals surface area contributed by atoms with E-state index in [4.69, 9.17) is 0 Å². The van der Waals surface area contributed by atoms with Gasteiger partial charge in [0.05, 0.1) is 5.69 Å². The van der Waals surface area contributed by atoms with E-state index in [0.29, 0.717) is 18.8 Å². The number of rotatable bonds is 6. The van der Waals surface area contributed by atoms with Crippen LogP contribution in [0.15, 0.2) is 24.5 Å². The molecule has 1 fully saturated rings. The zero-order chi connectivity index (χ0) is 14.4. The highest BCUT2D eigenvalue weighted by Gasteiger charge is 2.31. The van der Waals surface area contributed by atoms with E-state index in [1.807, 2.05) is 6.92 Å². The summed E-state index contributed by atoms with van der Waals surface area (Å²) in [7, 11) is -3.50. The van der Waals surface area contributed by atoms with Crippen molar-refractivity contribution < 1.29 is 8.42 Å². The summed E-state index contributed by atoms with van der Waals surface area (Å²) < 4.78 is 29.2. The molecule has 2 rings (SSSR count). The van der Waals surface area contributed by atoms with Crippen LogP contribution in [-0.2, 0) is 10.2 Å². The smallest absolute Gasteiger partial charge is 0.301 e. The molecule has 0 aromatic carbocycles. The maximum absolute atomic E-state index is 12.5. The number of aromatic nitrogens is 1. The predicted molar refractivity (Wildman–Crippen MR) is 79.7 cm³/mol. The largest absolute Gasteiger partial charge is 0.315 e. The van der Waals surface area contributed by atoms with E-state index in [1.165, 1.54) is 0 Å². The van der Waals surface area contributed by atoms with Crippen molar-refractivity contribution in [2.45, 2.75) is 32.2 Å². The summed E-state index contributed by atoms with van der Waals surface area (Å²) in [6, 6.07) is 3.34. The number of nitrogens with zero attached hydrogens (tertiary/aromatic N) is 2. The van der Waals surface area contributed by atoms with Crippen LogP contribution in [0, 0.1) is 0 Å². The van der Waals surface area contributed by atoms with Gasteiger partial charge in [0.15, 0.2) is 0 Å². The van der Waals surface area contributed by atoms with Crippen LogP contribution in [0.2, 0.25) is 0 Å². The molecule has 1 aliphatic rings. The molecule has 0 amide bonds. The van der Waals surface area contributed by atoms with E-state index in [-0.39, 0.29) is 6.04 Å². The van der Waals surface area contributed by atoms with Gasteiger partial charge >= 0.3 is 10.2 Å². The van der Waals surface area contributed by atoms with Crippen molar-refractivity contribution in [3.05, 3.63) is 24.5 Å². The minimum Gasteiger partial charge on any atom is -0.315 e. The molecule has 0 spiro atoms. The first-order valence-electron chi connectivity index (χ1n) is 7.04. The standard InChI is InChI=1S/C13H22N4O2S/c1-2-14-11-13-5-3-4-10-17(13)20(18,19)16-12-6-8-15-9-7-12/h6-9,13-14H,2-5,10-11H2,1H3,(H,15,16). The van der Waals surface area contributed by atoms with Crippen LogP contribution in [0.3, 0.4) is 0 Å². The number of hydrogen-bond donors (Lipinski definition) is 2. The van der Waals surface area contributed by atoms with Crippen molar-refractivity contribution >= 4 is 15.9 Å². The maximum Gasteiger partial charge on any atom is 0.301 e. The molecule has 6 nitrogen and oxygen atoms in total. The lowest BCUT2D eigenvalue weighted by atomic mass is 10.1. The minimum atomic E-state index is -3.50. The van der Waals surface area contributed by atoms with Crippen molar-refractivity contribution in [2.24, 2.45) is 0 Å². The lowest BCUT2D eigenvalue weighted by Crippen LogP contribution is -2.50. The van der Waals surface area contributed by atoms with E-state index in [2.05, 4.69) is 15.0 Å². The average Bonchev–Trinajstić information content (AvgIpc) is 2.46. The molecule has 20 heavy (non-hydrogen) atoms. The molecule has 1 unspecified atom stereocenters. The molecule has 1 aliphatic heterocycles. The van der Waals surface area contributed by atoms with E-state index in [9.17, 15) is 8.42 Å². The van der Waals surface area contributed by atoms with E-state index < -0.39 is 10.2 Å². The van der Waals surface area contributed by atoms with Gasteiger partial charge in [-0.15, -0.1) is 0 Å². The fourth-order valence-electron chi connectivity index (χ4n) is 2.43. The predicted octanol–water partition coefficient (Wildman–Crippen LogP) is 1.20. The summed E-state index contributed by atoms with van der Waals surface area (Å²) in [5, 5.41) is 3.24. The molecule has 1 saturated heterocycles. The molecule has 2 N–H and O–H groups in total. The van der Waals surface area contributed by atoms with E-state index in [0.717, 1.165) is 25.8 Å². The fraction of sp³-hybridized carbons (Fsp3) is 0.615. The monoisotopic (exact) mass is 298 g/mol. The van der Waals surface area contributed by atoms with Gasteiger partial charge in [-0.1, -0.05) is 13.3 Å². The second kappa shape index (κ2) is 7.01. The minimum absolute atomic E-state index is 0.0306. The Morgan fingerprint density at radius 1 is 1.35 bits per heavy atom. The molecule has 1 atom stereocenters. The van der Waals surface area contributed by atoms with Crippen molar-refractivity contribution in [2.75, 3.05) is 24.4 Å². The molecule has 112 valence electrons. The molecular weight excluding hydrogens is 276 g/mol. The molecule has 1 aromatic rings. The zero-order valence-corrected chi connectivity index (χ0v) is 12.6. The third-order valence-corrected chi connectivity index (χ3v) is 5.03. The maximum atomic E-state index is 12.5. The van der Waals surface area contributed by atoms with Gasteiger partial charge in [-0.2, -0.15) is 12.7 Å². The van der Waals surface area contributed by atoms with Gasteiger partial charge in [-0.05, 0) is 31.5 Å². The summed E-state index contributed by atoms with van der Waals surface area (Å²) in [6.07, 6.45) is 6.05. The SMILES string of the molecule is CCNCC1CCCCN1S(=O)(=O)Nc1ccncc1. The van der Waals surface area contributed by atoms with Gasteiger partial charge in [-0.3, -0.25) is 9.71 Å². The lowest BCUT2D eigenvalue weighted by molar-refractivity contribution is 0.248. The Kier molecular flexibility index (Phi) is 5.33. The Bertz CT molecular complexity index is 506. The number of likely N-dealkylation sites (N-methyl/N-ethyl adjacent to an activating group) is 1. The quantitative estimate of drug-likeness (QED) is 0.827. The van der Waals surface area contributed by atoms with E-state index >= 15 is 0 Å². The summed E-state index contributed by atoms with van der Waals surface area (Å²) >= 11 is 0. The molecule has 0 saturated carbocycles. The first-order valence-corrected chi connectivity index (χ1v) is 8.48. The Hall–Kier alpha value is -1.18. The molecule has 0 radical (unpaired) electrons. The number of piperidine rings is 1. The molecule has 1 aromatic heterocycles. The average molecular weight is 298 g/mol. The van der Waals surface area contributed by atoms with Crippen LogP contribution in [-0.4, -0.2) is 43.4 Å². The van der Waals surface area contributed by atoms with Crippen molar-refractivity contribution in [1.29, 1.82) is 0 Å². The fourth-order valence-corrected chi connectivity index (χ4v) is 3.93. The molecular formula is C13H22N4O2S. The van der Waals surface area contributed by atoms with Gasteiger partial charge in [0.1, 0.15) is 0 Å². The zero-order valence-electron chi connectivity index (χ0n) is 11.7. The van der Waals surface area contributed by atoms with Gasteiger partial charge in [-0.25, -0.2) is 0 Å². The van der Waals surface area contributed by atoms with Gasteiger partial charge in [0.25, 0.3) is 0 Å². The summed E-state index contributed by atoms with van der Waals surface area (Å²) in [6.45, 7) is 4.16. The van der Waals surface area contributed by atoms with Crippen LogP contribution in [0.4, 0.5) is 5.69 Å². The van der Waals surface area contributed by atoms with Crippen LogP contribution < -0.4 is 10.0 Å². The van der Waals surface area contributed by atoms with Crippen LogP contribution in [0.5, 0.6) is 0 Å². The molecule has 0 aliphatic carbocycles. The van der Waals surface area contributed by atoms with Gasteiger partial charge in [0.2, 0.25) is 0 Å². The topological polar surface area (TPSA) is 74.3 Å². The summed E-state index contributed by atoms with van der Waals surface area (Å²) in [4.78, 5) is 3.88. The Balaban J connectivity index is 2.09. The molecule has 0 bridgehead atoms. The summed E-state index contributed by atoms with van der Waals surface area (Å²) in [5.74, 6) is 0. The highest BCUT2D eigenvalue weighted by molar-refractivity contribution is 7.90. The second-order valence-corrected chi connectivity index (χ2v) is 6.53. The van der Waals surface area contributed by atoms with Gasteiger partial charge in [0, 0.05) is 31.5 Å². The Labute approximate surface area is 120 Å². The van der Waals surface area contributed by atoms with Crippen molar-refractivity contribution in [1.82, 2.24) is 14.6 Å². The third-order valence-electron chi connectivity index (χ3n) is 3.44. The normalized spacial score (nSPS) is 20.8. The Morgan fingerprint density at radius 2 is 2.10 bits per heavy atom. The number of pyridine rings is 1. The van der Waals surface area contributed by atoms with Crippen LogP contribution >= 0.6 is 0 Å². The highest BCUT2D eigenvalue weighted by atomic mass is 32.2. The van der Waals surface area contributed by atoms with Crippen LogP contribution in [0.25, 0.3) is 0 Å². The number of anilines is 1. The lowest BCUT2D eigenvalue weighted by Gasteiger charge is -2.34. The van der Waals surface area contributed by atoms with Gasteiger partial charge < -0.3 is 5.32 Å². The van der Waals surface area contributed by atoms with Crippen molar-refractivity contribution in [3.63, 3.8) is 0 Å². The number of nitrogens with one attached hydrogen (secondary N) is 2.